The minimum atomic E-state index is 0.250. The van der Waals surface area contributed by atoms with Crippen LogP contribution in [0.1, 0.15) is 25.7 Å². The van der Waals surface area contributed by atoms with Crippen LogP contribution in [-0.4, -0.2) is 19.7 Å². The Morgan fingerprint density at radius 2 is 2.24 bits per heavy atom. The number of nitrogens with zero attached hydrogens (tertiary/aromatic N) is 4. The van der Waals surface area contributed by atoms with Gasteiger partial charge < -0.3 is 4.74 Å². The number of hydrogen-bond donors (Lipinski definition) is 0. The zero-order valence-electron chi connectivity index (χ0n) is 9.67. The second-order valence-corrected chi connectivity index (χ2v) is 4.15. The molecular weight excluding hydrogens is 240 g/mol. The van der Waals surface area contributed by atoms with Crippen LogP contribution in [0.3, 0.4) is 0 Å². The van der Waals surface area contributed by atoms with Crippen molar-refractivity contribution >= 4 is 11.6 Å². The van der Waals surface area contributed by atoms with Crippen molar-refractivity contribution in [3.8, 4) is 5.75 Å². The molecule has 0 saturated heterocycles. The quantitative estimate of drug-likeness (QED) is 0.785. The molecule has 6 heteroatoms. The van der Waals surface area contributed by atoms with E-state index in [0.717, 1.165) is 5.82 Å². The van der Waals surface area contributed by atoms with Gasteiger partial charge in [0.25, 0.3) is 0 Å². The van der Waals surface area contributed by atoms with Crippen molar-refractivity contribution in [1.29, 1.82) is 0 Å². The molecule has 2 aromatic rings. The fraction of sp³-hybridized carbons (Fsp3) is 0.364. The minimum Gasteiger partial charge on any atom is -0.482 e. The Balaban J connectivity index is 2.08. The Hall–Kier alpha value is -1.62. The summed E-state index contributed by atoms with van der Waals surface area (Å²) in [6, 6.07) is 3.79. The number of pyridine rings is 1. The number of hydrogen-bond acceptors (Lipinski definition) is 4. The number of rotatable bonds is 4. The molecule has 2 aromatic heterocycles. The fourth-order valence-electron chi connectivity index (χ4n) is 1.43. The predicted molar refractivity (Wildman–Crippen MR) is 64.0 cm³/mol. The molecule has 17 heavy (non-hydrogen) atoms. The topological polar surface area (TPSA) is 52.8 Å². The first-order valence-corrected chi connectivity index (χ1v) is 5.68. The maximum absolute atomic E-state index is 5.89. The minimum absolute atomic E-state index is 0.250. The molecule has 0 aliphatic carbocycles. The summed E-state index contributed by atoms with van der Waals surface area (Å²) in [5.41, 5.74) is 0. The van der Waals surface area contributed by atoms with Crippen molar-refractivity contribution in [2.24, 2.45) is 0 Å². The van der Waals surface area contributed by atoms with E-state index in [4.69, 9.17) is 16.3 Å². The van der Waals surface area contributed by atoms with Gasteiger partial charge in [-0.2, -0.15) is 5.10 Å². The lowest BCUT2D eigenvalue weighted by Crippen LogP contribution is -2.10. The molecule has 0 N–H and O–H groups in total. The molecule has 0 aliphatic heterocycles. The Labute approximate surface area is 104 Å². The number of aromatic nitrogens is 4. The lowest BCUT2D eigenvalue weighted by Gasteiger charge is -2.10. The van der Waals surface area contributed by atoms with Crippen molar-refractivity contribution in [1.82, 2.24) is 19.7 Å². The average molecular weight is 253 g/mol. The summed E-state index contributed by atoms with van der Waals surface area (Å²) in [5.74, 6) is 1.31. The first-order chi connectivity index (χ1) is 8.18. The van der Waals surface area contributed by atoms with Gasteiger partial charge in [-0.1, -0.05) is 11.6 Å². The molecule has 0 bridgehead atoms. The SMILES string of the molecule is CC(C)n1ncnc1COc1cccnc1Cl. The molecule has 0 radical (unpaired) electrons. The van der Waals surface area contributed by atoms with Gasteiger partial charge in [0.2, 0.25) is 0 Å². The maximum Gasteiger partial charge on any atom is 0.171 e. The van der Waals surface area contributed by atoms with E-state index in [1.165, 1.54) is 6.33 Å². The largest absolute Gasteiger partial charge is 0.482 e. The van der Waals surface area contributed by atoms with Crippen LogP contribution in [0.25, 0.3) is 0 Å². The third-order valence-corrected chi connectivity index (χ3v) is 2.50. The molecular formula is C11H13ClN4O. The molecule has 0 unspecified atom stereocenters. The monoisotopic (exact) mass is 252 g/mol. The highest BCUT2D eigenvalue weighted by Gasteiger charge is 2.09. The van der Waals surface area contributed by atoms with Gasteiger partial charge in [-0.25, -0.2) is 14.6 Å². The zero-order chi connectivity index (χ0) is 12.3. The van der Waals surface area contributed by atoms with Gasteiger partial charge in [0, 0.05) is 12.2 Å². The second-order valence-electron chi connectivity index (χ2n) is 3.80. The van der Waals surface area contributed by atoms with E-state index in [1.54, 1.807) is 18.3 Å². The van der Waals surface area contributed by atoms with Gasteiger partial charge in [-0.05, 0) is 26.0 Å². The standard InChI is InChI=1S/C11H13ClN4O/c1-8(2)16-10(14-7-15-16)6-17-9-4-3-5-13-11(9)12/h3-5,7-8H,6H2,1-2H3. The first kappa shape index (κ1) is 11.9. The summed E-state index contributed by atoms with van der Waals surface area (Å²) >= 11 is 5.89. The van der Waals surface area contributed by atoms with E-state index >= 15 is 0 Å². The molecule has 0 fully saturated rings. The third kappa shape index (κ3) is 2.74. The highest BCUT2D eigenvalue weighted by molar-refractivity contribution is 6.30. The van der Waals surface area contributed by atoms with Crippen molar-refractivity contribution in [2.45, 2.75) is 26.5 Å². The highest BCUT2D eigenvalue weighted by atomic mass is 35.5. The summed E-state index contributed by atoms with van der Waals surface area (Å²) in [7, 11) is 0. The van der Waals surface area contributed by atoms with Crippen LogP contribution < -0.4 is 4.74 Å². The summed E-state index contributed by atoms with van der Waals surface area (Å²) in [6.07, 6.45) is 3.13. The highest BCUT2D eigenvalue weighted by Crippen LogP contribution is 2.21. The zero-order valence-corrected chi connectivity index (χ0v) is 10.4. The Bertz CT molecular complexity index is 498. The Kier molecular flexibility index (Phi) is 3.58. The fourth-order valence-corrected chi connectivity index (χ4v) is 1.60. The summed E-state index contributed by atoms with van der Waals surface area (Å²) in [5, 5.41) is 4.48. The van der Waals surface area contributed by atoms with Crippen LogP contribution in [0.15, 0.2) is 24.7 Å². The van der Waals surface area contributed by atoms with E-state index in [9.17, 15) is 0 Å². The van der Waals surface area contributed by atoms with Crippen molar-refractivity contribution in [3.05, 3.63) is 35.6 Å². The van der Waals surface area contributed by atoms with Crippen molar-refractivity contribution in [2.75, 3.05) is 0 Å². The number of halogens is 1. The van der Waals surface area contributed by atoms with Crippen LogP contribution in [0.4, 0.5) is 0 Å². The molecule has 0 amide bonds. The van der Waals surface area contributed by atoms with Gasteiger partial charge in [0.1, 0.15) is 12.9 Å². The predicted octanol–water partition coefficient (Wildman–Crippen LogP) is 2.49. The smallest absolute Gasteiger partial charge is 0.171 e. The van der Waals surface area contributed by atoms with Crippen LogP contribution in [0.5, 0.6) is 5.75 Å². The molecule has 0 atom stereocenters. The van der Waals surface area contributed by atoms with Crippen LogP contribution >= 0.6 is 11.6 Å². The van der Waals surface area contributed by atoms with E-state index in [2.05, 4.69) is 15.1 Å². The van der Waals surface area contributed by atoms with Gasteiger partial charge >= 0.3 is 0 Å². The molecule has 0 aromatic carbocycles. The lowest BCUT2D eigenvalue weighted by molar-refractivity contribution is 0.281. The summed E-state index contributed by atoms with van der Waals surface area (Å²) in [4.78, 5) is 8.08. The van der Waals surface area contributed by atoms with Crippen molar-refractivity contribution in [3.63, 3.8) is 0 Å². The molecule has 2 rings (SSSR count). The van der Waals surface area contributed by atoms with Crippen LogP contribution in [0.2, 0.25) is 5.15 Å². The van der Waals surface area contributed by atoms with Gasteiger partial charge in [0.15, 0.2) is 16.7 Å². The molecule has 0 spiro atoms. The Morgan fingerprint density at radius 3 is 2.94 bits per heavy atom. The lowest BCUT2D eigenvalue weighted by atomic mass is 10.4. The van der Waals surface area contributed by atoms with E-state index < -0.39 is 0 Å². The first-order valence-electron chi connectivity index (χ1n) is 5.30. The summed E-state index contributed by atoms with van der Waals surface area (Å²) in [6.45, 7) is 4.40. The van der Waals surface area contributed by atoms with E-state index in [1.807, 2.05) is 18.5 Å². The van der Waals surface area contributed by atoms with Gasteiger partial charge in [0.05, 0.1) is 0 Å². The van der Waals surface area contributed by atoms with Crippen molar-refractivity contribution < 1.29 is 4.74 Å². The molecule has 5 nitrogen and oxygen atoms in total. The second kappa shape index (κ2) is 5.14. The molecule has 0 saturated carbocycles. The van der Waals surface area contributed by atoms with Crippen LogP contribution in [0, 0.1) is 0 Å². The normalized spacial score (nSPS) is 10.8. The third-order valence-electron chi connectivity index (χ3n) is 2.22. The Morgan fingerprint density at radius 1 is 1.41 bits per heavy atom. The average Bonchev–Trinajstić information content (AvgIpc) is 2.76. The van der Waals surface area contributed by atoms with E-state index in [-0.39, 0.29) is 6.04 Å². The maximum atomic E-state index is 5.89. The van der Waals surface area contributed by atoms with Gasteiger partial charge in [-0.15, -0.1) is 0 Å². The molecule has 2 heterocycles. The van der Waals surface area contributed by atoms with E-state index in [0.29, 0.717) is 17.5 Å². The number of ether oxygens (including phenoxy) is 1. The van der Waals surface area contributed by atoms with Crippen LogP contribution in [-0.2, 0) is 6.61 Å². The summed E-state index contributed by atoms with van der Waals surface area (Å²) < 4.78 is 7.36. The molecule has 0 aliphatic rings. The van der Waals surface area contributed by atoms with Gasteiger partial charge in [-0.3, -0.25) is 0 Å². The molecule has 90 valence electrons.